The number of nitrogens with zero attached hydrogens (tertiary/aromatic N) is 1. The summed E-state index contributed by atoms with van der Waals surface area (Å²) in [6.07, 6.45) is 0. The topological polar surface area (TPSA) is 58.4 Å². The second kappa shape index (κ2) is 8.76. The molecule has 1 aromatic heterocycles. The molecule has 0 aliphatic carbocycles. The summed E-state index contributed by atoms with van der Waals surface area (Å²) >= 11 is 1.67. The zero-order valence-electron chi connectivity index (χ0n) is 17.7. The van der Waals surface area contributed by atoms with Crippen molar-refractivity contribution in [1.82, 2.24) is 4.90 Å². The lowest BCUT2D eigenvalue weighted by Gasteiger charge is -2.35. The molecule has 30 heavy (non-hydrogen) atoms. The van der Waals surface area contributed by atoms with Gasteiger partial charge in [-0.2, -0.15) is 0 Å². The van der Waals surface area contributed by atoms with Crippen molar-refractivity contribution in [2.45, 2.75) is 31.7 Å². The summed E-state index contributed by atoms with van der Waals surface area (Å²) < 4.78 is 0. The Labute approximate surface area is 183 Å². The van der Waals surface area contributed by atoms with Crippen LogP contribution in [0.15, 0.2) is 60.0 Å². The van der Waals surface area contributed by atoms with Gasteiger partial charge in [-0.15, -0.1) is 11.3 Å². The van der Waals surface area contributed by atoms with Gasteiger partial charge in [-0.3, -0.25) is 9.69 Å². The van der Waals surface area contributed by atoms with Crippen LogP contribution in [-0.2, 0) is 6.54 Å². The maximum atomic E-state index is 12.8. The zero-order valence-corrected chi connectivity index (χ0v) is 19.5. The van der Waals surface area contributed by atoms with Crippen LogP contribution < -0.4 is 11.1 Å². The van der Waals surface area contributed by atoms with Crippen molar-refractivity contribution in [1.29, 1.82) is 0 Å². The third-order valence-electron chi connectivity index (χ3n) is 5.94. The van der Waals surface area contributed by atoms with Gasteiger partial charge in [0.15, 0.2) is 0 Å². The Bertz CT molecular complexity index is 1010. The van der Waals surface area contributed by atoms with Crippen LogP contribution in [0.3, 0.4) is 0 Å². The van der Waals surface area contributed by atoms with E-state index in [1.807, 2.05) is 41.8 Å². The number of nitrogens with two attached hydrogens (primary N) is 1. The summed E-state index contributed by atoms with van der Waals surface area (Å²) in [4.78, 5) is 16.5. The van der Waals surface area contributed by atoms with Crippen LogP contribution in [0.5, 0.6) is 0 Å². The highest BCUT2D eigenvalue weighted by Gasteiger charge is 2.27. The highest BCUT2D eigenvalue weighted by atomic mass is 32.1. The highest BCUT2D eigenvalue weighted by molar-refractivity contribution is 7.13. The molecule has 1 amide bonds. The largest absolute Gasteiger partial charge is 0.397 e. The van der Waals surface area contributed by atoms with Crippen molar-refractivity contribution in [2.75, 3.05) is 24.1 Å². The van der Waals surface area contributed by atoms with Gasteiger partial charge in [0, 0.05) is 25.1 Å². The van der Waals surface area contributed by atoms with Crippen LogP contribution in [0.4, 0.5) is 11.4 Å². The lowest BCUT2D eigenvalue weighted by atomic mass is 10.1. The Balaban J connectivity index is 1.40. The van der Waals surface area contributed by atoms with Crippen LogP contribution in [0, 0.1) is 0 Å². The molecule has 0 atom stereocenters. The highest BCUT2D eigenvalue weighted by Crippen LogP contribution is 2.30. The van der Waals surface area contributed by atoms with Gasteiger partial charge in [0.05, 0.1) is 11.4 Å². The van der Waals surface area contributed by atoms with Crippen LogP contribution >= 0.6 is 11.3 Å². The predicted octanol–water partition coefficient (Wildman–Crippen LogP) is 5.77. The van der Waals surface area contributed by atoms with Crippen LogP contribution in [0.25, 0.3) is 10.4 Å². The lowest BCUT2D eigenvalue weighted by Crippen LogP contribution is -2.42. The van der Waals surface area contributed by atoms with Gasteiger partial charge in [-0.05, 0) is 72.0 Å². The minimum Gasteiger partial charge on any atom is -0.397 e. The molecule has 2 aromatic carbocycles. The number of benzene rings is 2. The summed E-state index contributed by atoms with van der Waals surface area (Å²) in [7, 11) is -0.941. The minimum atomic E-state index is -0.941. The third kappa shape index (κ3) is 5.01. The first kappa shape index (κ1) is 20.8. The summed E-state index contributed by atoms with van der Waals surface area (Å²) in [5, 5.41) is 5.01. The molecule has 1 aliphatic rings. The third-order valence-corrected chi connectivity index (χ3v) is 10.0. The molecule has 0 bridgehead atoms. The number of amides is 1. The van der Waals surface area contributed by atoms with Crippen LogP contribution in [0.1, 0.15) is 15.9 Å². The van der Waals surface area contributed by atoms with Gasteiger partial charge >= 0.3 is 0 Å². The van der Waals surface area contributed by atoms with E-state index < -0.39 is 8.07 Å². The maximum absolute atomic E-state index is 12.8. The van der Waals surface area contributed by atoms with E-state index in [4.69, 9.17) is 5.73 Å². The van der Waals surface area contributed by atoms with Crippen molar-refractivity contribution in [2.24, 2.45) is 0 Å². The van der Waals surface area contributed by atoms with Gasteiger partial charge in [0.2, 0.25) is 0 Å². The number of carbonyl (C=O) groups is 1. The van der Waals surface area contributed by atoms with Crippen LogP contribution in [0.2, 0.25) is 25.2 Å². The minimum absolute atomic E-state index is 0.137. The number of carbonyl (C=O) groups excluding carboxylic acids is 1. The monoisotopic (exact) mass is 435 g/mol. The fraction of sp³-hybridized carbons (Fsp3) is 0.292. The van der Waals surface area contributed by atoms with Gasteiger partial charge in [-0.1, -0.05) is 37.4 Å². The van der Waals surface area contributed by atoms with E-state index in [1.165, 1.54) is 30.7 Å². The van der Waals surface area contributed by atoms with E-state index in [1.54, 1.807) is 11.3 Å². The first-order valence-electron chi connectivity index (χ1n) is 10.5. The number of hydrogen-bond acceptors (Lipinski definition) is 4. The van der Waals surface area contributed by atoms with Crippen molar-refractivity contribution in [3.63, 3.8) is 0 Å². The average molecular weight is 436 g/mol. The molecular formula is C24H29N3OSSi. The Morgan fingerprint density at radius 3 is 2.50 bits per heavy atom. The molecule has 1 aliphatic heterocycles. The quantitative estimate of drug-likeness (QED) is 0.395. The Kier molecular flexibility index (Phi) is 6.08. The molecule has 1 fully saturated rings. The molecule has 3 aromatic rings. The smallest absolute Gasteiger partial charge is 0.255 e. The molecule has 3 N–H and O–H groups in total. The van der Waals surface area contributed by atoms with Crippen molar-refractivity contribution < 1.29 is 4.79 Å². The first-order chi connectivity index (χ1) is 14.4. The van der Waals surface area contributed by atoms with E-state index in [0.717, 1.165) is 17.0 Å². The molecule has 0 unspecified atom stereocenters. The molecule has 0 radical (unpaired) electrons. The first-order valence-corrected chi connectivity index (χ1v) is 14.8. The zero-order chi connectivity index (χ0) is 21.1. The second-order valence-electron chi connectivity index (χ2n) is 8.87. The molecule has 4 nitrogen and oxygen atoms in total. The normalized spacial score (nSPS) is 16.3. The van der Waals surface area contributed by atoms with Gasteiger partial charge in [-0.25, -0.2) is 0 Å². The fourth-order valence-electron chi connectivity index (χ4n) is 3.79. The van der Waals surface area contributed by atoms with Crippen molar-refractivity contribution >= 4 is 36.7 Å². The second-order valence-corrected chi connectivity index (χ2v) is 15.1. The number of hydrogen-bond donors (Lipinski definition) is 2. The molecule has 6 heteroatoms. The molecule has 2 heterocycles. The van der Waals surface area contributed by atoms with Gasteiger partial charge in [0.1, 0.15) is 0 Å². The van der Waals surface area contributed by atoms with Crippen LogP contribution in [-0.4, -0.2) is 32.0 Å². The summed E-state index contributed by atoms with van der Waals surface area (Å²) in [6.45, 7) is 8.33. The van der Waals surface area contributed by atoms with Crippen molar-refractivity contribution in [3.8, 4) is 10.4 Å². The Morgan fingerprint density at radius 2 is 1.83 bits per heavy atom. The number of anilines is 2. The summed E-state index contributed by atoms with van der Waals surface area (Å²) in [6, 6.07) is 20.5. The number of nitrogens with one attached hydrogen (secondary N) is 1. The molecule has 0 saturated carbocycles. The lowest BCUT2D eigenvalue weighted by molar-refractivity contribution is 0.102. The standard InChI is InChI=1S/C24H29N3OSSi/c1-30(2)14-11-27(12-15-30)17-18-5-7-19(8-6-18)24(28)26-22-16-20(9-10-21(22)25)23-4-3-13-29-23/h3-10,13,16H,11-12,14-15,17,25H2,1-2H3,(H,26,28). The number of thiophene rings is 1. The van der Waals surface area contributed by atoms with E-state index >= 15 is 0 Å². The number of rotatable bonds is 5. The molecule has 156 valence electrons. The van der Waals surface area contributed by atoms with Gasteiger partial charge in [0.25, 0.3) is 5.91 Å². The molecule has 1 saturated heterocycles. The average Bonchev–Trinajstić information content (AvgIpc) is 3.27. The molecular weight excluding hydrogens is 406 g/mol. The predicted molar refractivity (Wildman–Crippen MR) is 131 cm³/mol. The molecule has 0 spiro atoms. The van der Waals surface area contributed by atoms with Gasteiger partial charge < -0.3 is 11.1 Å². The van der Waals surface area contributed by atoms with E-state index in [-0.39, 0.29) is 5.91 Å². The Morgan fingerprint density at radius 1 is 1.10 bits per heavy atom. The van der Waals surface area contributed by atoms with E-state index in [0.29, 0.717) is 16.9 Å². The van der Waals surface area contributed by atoms with E-state index in [9.17, 15) is 4.79 Å². The van der Waals surface area contributed by atoms with E-state index in [2.05, 4.69) is 41.5 Å². The fourth-order valence-corrected chi connectivity index (χ4v) is 6.61. The maximum Gasteiger partial charge on any atom is 0.255 e. The molecule has 4 rings (SSSR count). The van der Waals surface area contributed by atoms with Crippen molar-refractivity contribution in [3.05, 3.63) is 71.1 Å². The summed E-state index contributed by atoms with van der Waals surface area (Å²) in [5.41, 5.74) is 10.3. The Hall–Kier alpha value is -2.41. The number of nitrogen functional groups attached to an aromatic ring is 1. The summed E-state index contributed by atoms with van der Waals surface area (Å²) in [5.74, 6) is -0.137. The SMILES string of the molecule is C[Si]1(C)CCN(Cc2ccc(C(=O)Nc3cc(-c4cccs4)ccc3N)cc2)CC1.